The van der Waals surface area contributed by atoms with E-state index in [0.717, 1.165) is 5.56 Å². The Labute approximate surface area is 96.8 Å². The van der Waals surface area contributed by atoms with E-state index < -0.39 is 11.7 Å². The highest BCUT2D eigenvalue weighted by Crippen LogP contribution is 2.25. The molecule has 2 rings (SSSR count). The highest BCUT2D eigenvalue weighted by Gasteiger charge is 2.09. The predicted molar refractivity (Wildman–Crippen MR) is 62.2 cm³/mol. The van der Waals surface area contributed by atoms with Gasteiger partial charge in [-0.05, 0) is 41.5 Å². The third-order valence-electron chi connectivity index (χ3n) is 2.49. The lowest BCUT2D eigenvalue weighted by molar-refractivity contribution is 0.1000. The lowest BCUT2D eigenvalue weighted by Gasteiger charge is -2.06. The summed E-state index contributed by atoms with van der Waals surface area (Å²) >= 11 is 5.67. The molecule has 2 aromatic rings. The van der Waals surface area contributed by atoms with Crippen molar-refractivity contribution in [3.8, 4) is 0 Å². The fourth-order valence-corrected chi connectivity index (χ4v) is 1.85. The molecule has 0 atom stereocenters. The van der Waals surface area contributed by atoms with E-state index >= 15 is 0 Å². The van der Waals surface area contributed by atoms with Crippen molar-refractivity contribution in [1.82, 2.24) is 0 Å². The Hall–Kier alpha value is -1.61. The second-order valence-electron chi connectivity index (χ2n) is 3.64. The topological polar surface area (TPSA) is 43.1 Å². The summed E-state index contributed by atoms with van der Waals surface area (Å²) in [6.45, 7) is 1.76. The molecule has 0 aromatic heterocycles. The second-order valence-corrected chi connectivity index (χ2v) is 4.05. The van der Waals surface area contributed by atoms with Crippen LogP contribution >= 0.6 is 11.6 Å². The standard InChI is InChI=1S/C12H9ClFNO/c1-6-2-7-5-11(14)10(13)4-8(7)3-9(6)12(15)16/h2-5H,1H3,(H2,15,16). The van der Waals surface area contributed by atoms with Crippen molar-refractivity contribution in [1.29, 1.82) is 0 Å². The number of hydrogen-bond acceptors (Lipinski definition) is 1. The molecule has 0 spiro atoms. The van der Waals surface area contributed by atoms with Crippen LogP contribution in [0.4, 0.5) is 4.39 Å². The minimum absolute atomic E-state index is 0.0340. The second kappa shape index (κ2) is 3.76. The molecule has 0 aliphatic heterocycles. The molecule has 2 aromatic carbocycles. The molecule has 0 saturated heterocycles. The molecular formula is C12H9ClFNO. The smallest absolute Gasteiger partial charge is 0.248 e. The highest BCUT2D eigenvalue weighted by molar-refractivity contribution is 6.31. The Bertz CT molecular complexity index is 595. The number of hydrogen-bond donors (Lipinski definition) is 1. The van der Waals surface area contributed by atoms with Crippen LogP contribution in [0.3, 0.4) is 0 Å². The third-order valence-corrected chi connectivity index (χ3v) is 2.78. The van der Waals surface area contributed by atoms with Crippen LogP contribution in [0.15, 0.2) is 24.3 Å². The normalized spacial score (nSPS) is 10.7. The molecule has 1 amide bonds. The third kappa shape index (κ3) is 1.74. The van der Waals surface area contributed by atoms with E-state index in [9.17, 15) is 9.18 Å². The van der Waals surface area contributed by atoms with Crippen LogP contribution in [0.1, 0.15) is 15.9 Å². The molecule has 0 heterocycles. The predicted octanol–water partition coefficient (Wildman–Crippen LogP) is 3.04. The minimum atomic E-state index is -0.500. The van der Waals surface area contributed by atoms with Gasteiger partial charge in [0.2, 0.25) is 5.91 Å². The molecule has 82 valence electrons. The number of carbonyl (C=O) groups is 1. The fourth-order valence-electron chi connectivity index (χ4n) is 1.67. The summed E-state index contributed by atoms with van der Waals surface area (Å²) in [6.07, 6.45) is 0. The van der Waals surface area contributed by atoms with Gasteiger partial charge in [0.25, 0.3) is 0 Å². The molecule has 0 bridgehead atoms. The number of benzene rings is 2. The molecular weight excluding hydrogens is 229 g/mol. The average Bonchev–Trinajstić information content (AvgIpc) is 2.19. The van der Waals surface area contributed by atoms with Gasteiger partial charge in [-0.1, -0.05) is 17.7 Å². The van der Waals surface area contributed by atoms with Gasteiger partial charge in [-0.3, -0.25) is 4.79 Å². The quantitative estimate of drug-likeness (QED) is 0.814. The summed E-state index contributed by atoms with van der Waals surface area (Å²) in [4.78, 5) is 11.1. The number of rotatable bonds is 1. The van der Waals surface area contributed by atoms with Crippen molar-refractivity contribution in [3.63, 3.8) is 0 Å². The largest absolute Gasteiger partial charge is 0.366 e. The molecule has 4 heteroatoms. The molecule has 0 fully saturated rings. The number of amides is 1. The number of fused-ring (bicyclic) bond motifs is 1. The first-order valence-corrected chi connectivity index (χ1v) is 5.06. The summed E-state index contributed by atoms with van der Waals surface area (Å²) in [7, 11) is 0. The SMILES string of the molecule is Cc1cc2cc(F)c(Cl)cc2cc1C(N)=O. The zero-order valence-electron chi connectivity index (χ0n) is 8.55. The van der Waals surface area contributed by atoms with Gasteiger partial charge in [-0.25, -0.2) is 4.39 Å². The lowest BCUT2D eigenvalue weighted by atomic mass is 10.0. The van der Waals surface area contributed by atoms with Crippen LogP contribution in [0, 0.1) is 12.7 Å². The van der Waals surface area contributed by atoms with Gasteiger partial charge < -0.3 is 5.73 Å². The summed E-state index contributed by atoms with van der Waals surface area (Å²) in [5.41, 5.74) is 6.38. The number of carbonyl (C=O) groups excluding carboxylic acids is 1. The van der Waals surface area contributed by atoms with E-state index in [-0.39, 0.29) is 5.02 Å². The van der Waals surface area contributed by atoms with E-state index in [4.69, 9.17) is 17.3 Å². The number of nitrogens with two attached hydrogens (primary N) is 1. The van der Waals surface area contributed by atoms with E-state index in [1.165, 1.54) is 12.1 Å². The molecule has 2 nitrogen and oxygen atoms in total. The van der Waals surface area contributed by atoms with Crippen LogP contribution in [0.5, 0.6) is 0 Å². The van der Waals surface area contributed by atoms with Gasteiger partial charge in [-0.2, -0.15) is 0 Å². The first kappa shape index (κ1) is 10.9. The van der Waals surface area contributed by atoms with Crippen molar-refractivity contribution in [3.05, 3.63) is 46.2 Å². The van der Waals surface area contributed by atoms with Crippen LogP contribution in [-0.4, -0.2) is 5.91 Å². The zero-order valence-corrected chi connectivity index (χ0v) is 9.31. The fraction of sp³-hybridized carbons (Fsp3) is 0.0833. The molecule has 0 unspecified atom stereocenters. The maximum absolute atomic E-state index is 13.2. The van der Waals surface area contributed by atoms with Crippen molar-refractivity contribution in [2.24, 2.45) is 5.73 Å². The number of halogens is 2. The van der Waals surface area contributed by atoms with Crippen molar-refractivity contribution in [2.45, 2.75) is 6.92 Å². The van der Waals surface area contributed by atoms with E-state index in [0.29, 0.717) is 16.3 Å². The first-order valence-electron chi connectivity index (χ1n) is 4.68. The Morgan fingerprint density at radius 1 is 1.25 bits per heavy atom. The Balaban J connectivity index is 2.79. The van der Waals surface area contributed by atoms with Gasteiger partial charge >= 0.3 is 0 Å². The monoisotopic (exact) mass is 237 g/mol. The molecule has 0 saturated carbocycles. The van der Waals surface area contributed by atoms with Crippen LogP contribution < -0.4 is 5.73 Å². The van der Waals surface area contributed by atoms with E-state index in [2.05, 4.69) is 0 Å². The highest BCUT2D eigenvalue weighted by atomic mass is 35.5. The van der Waals surface area contributed by atoms with E-state index in [1.54, 1.807) is 19.1 Å². The van der Waals surface area contributed by atoms with Crippen LogP contribution in [0.2, 0.25) is 5.02 Å². The summed E-state index contributed by atoms with van der Waals surface area (Å²) in [6, 6.07) is 6.17. The molecule has 0 aliphatic carbocycles. The lowest BCUT2D eigenvalue weighted by Crippen LogP contribution is -2.12. The maximum atomic E-state index is 13.2. The zero-order chi connectivity index (χ0) is 11.9. The maximum Gasteiger partial charge on any atom is 0.248 e. The van der Waals surface area contributed by atoms with Crippen molar-refractivity contribution < 1.29 is 9.18 Å². The first-order chi connectivity index (χ1) is 7.49. The Kier molecular flexibility index (Phi) is 2.56. The van der Waals surface area contributed by atoms with Gasteiger partial charge in [0.1, 0.15) is 5.82 Å². The molecule has 2 N–H and O–H groups in total. The van der Waals surface area contributed by atoms with Crippen molar-refractivity contribution in [2.75, 3.05) is 0 Å². The average molecular weight is 238 g/mol. The Morgan fingerprint density at radius 3 is 2.50 bits per heavy atom. The molecule has 0 aliphatic rings. The molecule has 0 radical (unpaired) electrons. The summed E-state index contributed by atoms with van der Waals surface area (Å²) in [5, 5.41) is 1.43. The van der Waals surface area contributed by atoms with Gasteiger partial charge in [-0.15, -0.1) is 0 Å². The van der Waals surface area contributed by atoms with Crippen LogP contribution in [0.25, 0.3) is 10.8 Å². The van der Waals surface area contributed by atoms with Gasteiger partial charge in [0.15, 0.2) is 0 Å². The van der Waals surface area contributed by atoms with Crippen molar-refractivity contribution >= 4 is 28.3 Å². The van der Waals surface area contributed by atoms with Crippen LogP contribution in [-0.2, 0) is 0 Å². The summed E-state index contributed by atoms with van der Waals surface area (Å²) < 4.78 is 13.2. The minimum Gasteiger partial charge on any atom is -0.366 e. The summed E-state index contributed by atoms with van der Waals surface area (Å²) in [5.74, 6) is -0.972. The van der Waals surface area contributed by atoms with E-state index in [1.807, 2.05) is 0 Å². The van der Waals surface area contributed by atoms with Gasteiger partial charge in [0.05, 0.1) is 5.02 Å². The van der Waals surface area contributed by atoms with Gasteiger partial charge in [0, 0.05) is 5.56 Å². The number of primary amides is 1. The molecule has 16 heavy (non-hydrogen) atoms. The Morgan fingerprint density at radius 2 is 1.88 bits per heavy atom. The number of aryl methyl sites for hydroxylation is 1.